The number of unbranched alkanes of at least 4 members (excludes halogenated alkanes) is 1. The van der Waals surface area contributed by atoms with Crippen molar-refractivity contribution < 1.29 is 9.90 Å². The molecular formula is C13H25NO2. The number of rotatable bonds is 5. The van der Waals surface area contributed by atoms with Crippen molar-refractivity contribution in [1.82, 2.24) is 4.90 Å². The molecule has 0 bridgehead atoms. The van der Waals surface area contributed by atoms with E-state index in [1.807, 2.05) is 7.05 Å². The lowest BCUT2D eigenvalue weighted by molar-refractivity contribution is -0.154. The number of nitrogens with zero attached hydrogens (tertiary/aromatic N) is 1. The van der Waals surface area contributed by atoms with Crippen LogP contribution < -0.4 is 0 Å². The summed E-state index contributed by atoms with van der Waals surface area (Å²) in [5.41, 5.74) is -0.590. The first-order valence-corrected chi connectivity index (χ1v) is 6.47. The second kappa shape index (κ2) is 5.67. The minimum absolute atomic E-state index is 0.536. The summed E-state index contributed by atoms with van der Waals surface area (Å²) < 4.78 is 0. The molecule has 2 unspecified atom stereocenters. The van der Waals surface area contributed by atoms with Gasteiger partial charge in [0.05, 0.1) is 0 Å². The third-order valence-corrected chi connectivity index (χ3v) is 3.95. The molecule has 0 spiro atoms. The Kier molecular flexibility index (Phi) is 4.78. The van der Waals surface area contributed by atoms with Gasteiger partial charge < -0.3 is 5.11 Å². The van der Waals surface area contributed by atoms with E-state index in [4.69, 9.17) is 0 Å². The number of carboxylic acids is 1. The molecular weight excluding hydrogens is 202 g/mol. The van der Waals surface area contributed by atoms with Gasteiger partial charge in [-0.1, -0.05) is 33.1 Å². The van der Waals surface area contributed by atoms with Gasteiger partial charge in [0, 0.05) is 0 Å². The second-order valence-corrected chi connectivity index (χ2v) is 5.31. The number of carboxylic acid groups (broad SMARTS) is 1. The van der Waals surface area contributed by atoms with Gasteiger partial charge in [-0.3, -0.25) is 9.69 Å². The molecule has 0 aromatic heterocycles. The van der Waals surface area contributed by atoms with Gasteiger partial charge in [-0.15, -0.1) is 0 Å². The predicted octanol–water partition coefficient (Wildman–Crippen LogP) is 2.75. The Morgan fingerprint density at radius 2 is 2.25 bits per heavy atom. The first-order chi connectivity index (χ1) is 7.53. The maximum Gasteiger partial charge on any atom is 0.324 e. The van der Waals surface area contributed by atoms with Gasteiger partial charge in [0.2, 0.25) is 0 Å². The Bertz CT molecular complexity index is 242. The number of hydrogen-bond acceptors (Lipinski definition) is 2. The van der Waals surface area contributed by atoms with Crippen LogP contribution in [0.4, 0.5) is 0 Å². The number of aliphatic carboxylic acids is 1. The average Bonchev–Trinajstić information content (AvgIpc) is 2.25. The van der Waals surface area contributed by atoms with Crippen LogP contribution >= 0.6 is 0 Å². The van der Waals surface area contributed by atoms with Crippen molar-refractivity contribution in [2.45, 2.75) is 57.9 Å². The van der Waals surface area contributed by atoms with E-state index < -0.39 is 11.5 Å². The quantitative estimate of drug-likeness (QED) is 0.785. The molecule has 3 nitrogen and oxygen atoms in total. The highest BCUT2D eigenvalue weighted by Crippen LogP contribution is 2.36. The van der Waals surface area contributed by atoms with Gasteiger partial charge in [0.15, 0.2) is 0 Å². The molecule has 0 aromatic carbocycles. The fourth-order valence-corrected chi connectivity index (χ4v) is 2.84. The zero-order valence-electron chi connectivity index (χ0n) is 10.8. The van der Waals surface area contributed by atoms with Gasteiger partial charge in [-0.2, -0.15) is 0 Å². The third-order valence-electron chi connectivity index (χ3n) is 3.95. The van der Waals surface area contributed by atoms with Crippen molar-refractivity contribution in [1.29, 1.82) is 0 Å². The fourth-order valence-electron chi connectivity index (χ4n) is 2.84. The van der Waals surface area contributed by atoms with Crippen molar-refractivity contribution in [3.8, 4) is 0 Å². The van der Waals surface area contributed by atoms with Gasteiger partial charge in [-0.25, -0.2) is 0 Å². The second-order valence-electron chi connectivity index (χ2n) is 5.31. The van der Waals surface area contributed by atoms with Gasteiger partial charge >= 0.3 is 5.97 Å². The monoisotopic (exact) mass is 227 g/mol. The van der Waals surface area contributed by atoms with Gasteiger partial charge in [0.1, 0.15) is 5.54 Å². The van der Waals surface area contributed by atoms with E-state index in [1.54, 1.807) is 0 Å². The summed E-state index contributed by atoms with van der Waals surface area (Å²) in [7, 11) is 1.97. The van der Waals surface area contributed by atoms with Crippen molar-refractivity contribution >= 4 is 5.97 Å². The lowest BCUT2D eigenvalue weighted by atomic mass is 9.75. The summed E-state index contributed by atoms with van der Waals surface area (Å²) in [6.07, 6.45) is 6.05. The summed E-state index contributed by atoms with van der Waals surface area (Å²) in [6, 6.07) is 0. The summed E-state index contributed by atoms with van der Waals surface area (Å²) in [4.78, 5) is 13.7. The van der Waals surface area contributed by atoms with Crippen LogP contribution in [0.3, 0.4) is 0 Å². The molecule has 0 heterocycles. The highest BCUT2D eigenvalue weighted by atomic mass is 16.4. The molecule has 1 rings (SSSR count). The normalized spacial score (nSPS) is 30.6. The molecule has 2 atom stereocenters. The SMILES string of the molecule is CCCCN(C)C1(C(=O)O)CCCC(C)C1. The van der Waals surface area contributed by atoms with Gasteiger partial charge in [-0.05, 0) is 38.8 Å². The predicted molar refractivity (Wildman–Crippen MR) is 65.5 cm³/mol. The molecule has 1 aliphatic rings. The summed E-state index contributed by atoms with van der Waals surface area (Å²) in [5, 5.41) is 9.53. The van der Waals surface area contributed by atoms with Crippen LogP contribution in [0.25, 0.3) is 0 Å². The lowest BCUT2D eigenvalue weighted by Crippen LogP contribution is -2.55. The van der Waals surface area contributed by atoms with Crippen LogP contribution in [-0.2, 0) is 4.79 Å². The van der Waals surface area contributed by atoms with Crippen LogP contribution in [0.5, 0.6) is 0 Å². The Hall–Kier alpha value is -0.570. The fraction of sp³-hybridized carbons (Fsp3) is 0.923. The molecule has 1 fully saturated rings. The molecule has 1 aliphatic carbocycles. The van der Waals surface area contributed by atoms with Crippen molar-refractivity contribution in [2.75, 3.05) is 13.6 Å². The molecule has 0 aromatic rings. The largest absolute Gasteiger partial charge is 0.480 e. The molecule has 3 heteroatoms. The maximum absolute atomic E-state index is 11.6. The Labute approximate surface area is 98.8 Å². The average molecular weight is 227 g/mol. The van der Waals surface area contributed by atoms with E-state index in [0.29, 0.717) is 5.92 Å². The van der Waals surface area contributed by atoms with Crippen molar-refractivity contribution in [3.05, 3.63) is 0 Å². The minimum atomic E-state index is -0.627. The highest BCUT2D eigenvalue weighted by molar-refractivity contribution is 5.79. The molecule has 0 aliphatic heterocycles. The van der Waals surface area contributed by atoms with Crippen LogP contribution in [0.1, 0.15) is 52.4 Å². The van der Waals surface area contributed by atoms with Crippen LogP contribution in [0.2, 0.25) is 0 Å². The standard InChI is InChI=1S/C13H25NO2/c1-4-5-9-14(3)13(12(15)16)8-6-7-11(2)10-13/h11H,4-10H2,1-3H3,(H,15,16). The molecule has 16 heavy (non-hydrogen) atoms. The lowest BCUT2D eigenvalue weighted by Gasteiger charge is -2.43. The van der Waals surface area contributed by atoms with Crippen LogP contribution in [0.15, 0.2) is 0 Å². The first kappa shape index (κ1) is 13.5. The smallest absolute Gasteiger partial charge is 0.324 e. The molecule has 1 N–H and O–H groups in total. The number of likely N-dealkylation sites (N-methyl/N-ethyl adjacent to an activating group) is 1. The van der Waals surface area contributed by atoms with Crippen molar-refractivity contribution in [2.24, 2.45) is 5.92 Å². The molecule has 0 amide bonds. The topological polar surface area (TPSA) is 40.5 Å². The summed E-state index contributed by atoms with van der Waals surface area (Å²) >= 11 is 0. The minimum Gasteiger partial charge on any atom is -0.480 e. The van der Waals surface area contributed by atoms with E-state index in [2.05, 4.69) is 18.7 Å². The Balaban J connectivity index is 2.74. The van der Waals surface area contributed by atoms with E-state index in [9.17, 15) is 9.90 Å². The number of carbonyl (C=O) groups is 1. The van der Waals surface area contributed by atoms with E-state index in [-0.39, 0.29) is 0 Å². The summed E-state index contributed by atoms with van der Waals surface area (Å²) in [5.74, 6) is -0.0911. The Morgan fingerprint density at radius 3 is 2.75 bits per heavy atom. The highest BCUT2D eigenvalue weighted by Gasteiger charge is 2.44. The zero-order chi connectivity index (χ0) is 12.2. The van der Waals surface area contributed by atoms with Crippen molar-refractivity contribution in [3.63, 3.8) is 0 Å². The third kappa shape index (κ3) is 2.76. The first-order valence-electron chi connectivity index (χ1n) is 6.47. The van der Waals surface area contributed by atoms with E-state index >= 15 is 0 Å². The van der Waals surface area contributed by atoms with Crippen LogP contribution in [-0.4, -0.2) is 35.1 Å². The Morgan fingerprint density at radius 1 is 1.56 bits per heavy atom. The maximum atomic E-state index is 11.6. The summed E-state index contributed by atoms with van der Waals surface area (Å²) in [6.45, 7) is 5.21. The van der Waals surface area contributed by atoms with Gasteiger partial charge in [0.25, 0.3) is 0 Å². The van der Waals surface area contributed by atoms with E-state index in [0.717, 1.165) is 38.6 Å². The molecule has 94 valence electrons. The zero-order valence-corrected chi connectivity index (χ0v) is 10.8. The van der Waals surface area contributed by atoms with E-state index in [1.165, 1.54) is 6.42 Å². The number of hydrogen-bond donors (Lipinski definition) is 1. The molecule has 0 radical (unpaired) electrons. The van der Waals surface area contributed by atoms with Crippen LogP contribution in [0, 0.1) is 5.92 Å². The molecule has 0 saturated heterocycles. The molecule has 1 saturated carbocycles.